The van der Waals surface area contributed by atoms with Crippen LogP contribution in [0.25, 0.3) is 11.1 Å². The van der Waals surface area contributed by atoms with Crippen molar-refractivity contribution in [3.8, 4) is 22.9 Å². The minimum absolute atomic E-state index is 0.146. The molecule has 0 radical (unpaired) electrons. The van der Waals surface area contributed by atoms with Crippen LogP contribution in [0.5, 0.6) is 11.8 Å². The maximum Gasteiger partial charge on any atom is 0.300 e. The molecule has 1 aromatic heterocycles. The third-order valence-corrected chi connectivity index (χ3v) is 5.71. The molecule has 0 N–H and O–H groups in total. The third kappa shape index (κ3) is 4.84. The Morgan fingerprint density at radius 3 is 2.59 bits per heavy atom. The first-order valence-electron chi connectivity index (χ1n) is 11.0. The number of hydrogen-bond acceptors (Lipinski definition) is 6. The summed E-state index contributed by atoms with van der Waals surface area (Å²) in [6.45, 7) is 2.56. The number of nitrogens with zero attached hydrogens (tertiary/aromatic N) is 2. The van der Waals surface area contributed by atoms with Gasteiger partial charge in [-0.1, -0.05) is 42.5 Å². The van der Waals surface area contributed by atoms with Gasteiger partial charge in [0.15, 0.2) is 6.10 Å². The average Bonchev–Trinajstić information content (AvgIpc) is 3.48. The molecule has 1 fully saturated rings. The lowest BCUT2D eigenvalue weighted by Crippen LogP contribution is -2.23. The fourth-order valence-corrected chi connectivity index (χ4v) is 4.05. The highest BCUT2D eigenvalue weighted by molar-refractivity contribution is 5.63. The van der Waals surface area contributed by atoms with Crippen molar-refractivity contribution in [3.63, 3.8) is 0 Å². The van der Waals surface area contributed by atoms with E-state index >= 15 is 0 Å². The molecule has 3 aromatic rings. The topological polar surface area (TPSA) is 71.8 Å². The van der Waals surface area contributed by atoms with Crippen LogP contribution in [0.2, 0.25) is 0 Å². The van der Waals surface area contributed by atoms with Crippen LogP contribution >= 0.6 is 0 Å². The highest BCUT2D eigenvalue weighted by Gasteiger charge is 2.27. The Kier molecular flexibility index (Phi) is 6.18. The number of benzene rings is 2. The Morgan fingerprint density at radius 1 is 1.00 bits per heavy atom. The van der Waals surface area contributed by atoms with Crippen LogP contribution in [0, 0.1) is 0 Å². The van der Waals surface area contributed by atoms with Gasteiger partial charge in [0.05, 0.1) is 31.6 Å². The van der Waals surface area contributed by atoms with Crippen LogP contribution in [0.3, 0.4) is 0 Å². The molecule has 166 valence electrons. The van der Waals surface area contributed by atoms with E-state index in [1.807, 2.05) is 47.0 Å². The Morgan fingerprint density at radius 2 is 1.81 bits per heavy atom. The predicted octanol–water partition coefficient (Wildman–Crippen LogP) is 3.45. The van der Waals surface area contributed by atoms with Crippen molar-refractivity contribution in [1.82, 2.24) is 9.55 Å². The average molecular weight is 434 g/mol. The van der Waals surface area contributed by atoms with Crippen molar-refractivity contribution < 1.29 is 18.9 Å². The maximum absolute atomic E-state index is 12.0. The molecule has 2 aromatic carbocycles. The van der Waals surface area contributed by atoms with Gasteiger partial charge in [-0.2, -0.15) is 4.98 Å². The lowest BCUT2D eigenvalue weighted by atomic mass is 10.1. The predicted molar refractivity (Wildman–Crippen MR) is 119 cm³/mol. The Balaban J connectivity index is 1.17. The Bertz CT molecular complexity index is 1090. The molecule has 1 saturated heterocycles. The first-order chi connectivity index (χ1) is 15.7. The molecule has 3 heterocycles. The number of fused-ring (bicyclic) bond motifs is 1. The molecule has 32 heavy (non-hydrogen) atoms. The van der Waals surface area contributed by atoms with E-state index in [1.54, 1.807) is 0 Å². The summed E-state index contributed by atoms with van der Waals surface area (Å²) in [4.78, 5) is 16.0. The molecule has 2 aliphatic heterocycles. The Labute approximate surface area is 186 Å². The molecule has 0 spiro atoms. The highest BCUT2D eigenvalue weighted by Crippen LogP contribution is 2.24. The number of aromatic nitrogens is 2. The Hall–Kier alpha value is -3.16. The molecule has 0 amide bonds. The van der Waals surface area contributed by atoms with E-state index in [0.29, 0.717) is 32.4 Å². The molecule has 0 bridgehead atoms. The zero-order valence-electron chi connectivity index (χ0n) is 17.8. The van der Waals surface area contributed by atoms with Gasteiger partial charge in [0, 0.05) is 12.7 Å². The molecule has 5 rings (SSSR count). The van der Waals surface area contributed by atoms with Crippen LogP contribution in [0.1, 0.15) is 18.5 Å². The standard InChI is InChI=1S/C25H26N2O5/c28-24-13-20(15-29-16-22-7-4-12-30-22)27-14-23(32-25(27)26-24)17-31-21-10-8-19(9-11-21)18-5-2-1-3-6-18/h1-3,5-6,8-11,13,22-23H,4,7,12,14-17H2. The van der Waals surface area contributed by atoms with Crippen molar-refractivity contribution in [3.05, 3.63) is 76.7 Å². The van der Waals surface area contributed by atoms with E-state index in [4.69, 9.17) is 18.9 Å². The first kappa shape index (κ1) is 20.7. The van der Waals surface area contributed by atoms with Crippen LogP contribution in [-0.4, -0.2) is 41.6 Å². The van der Waals surface area contributed by atoms with E-state index in [9.17, 15) is 4.79 Å². The molecular weight excluding hydrogens is 408 g/mol. The molecule has 2 unspecified atom stereocenters. The highest BCUT2D eigenvalue weighted by atomic mass is 16.6. The molecule has 7 heteroatoms. The van der Waals surface area contributed by atoms with E-state index in [1.165, 1.54) is 11.6 Å². The second kappa shape index (κ2) is 9.54. The summed E-state index contributed by atoms with van der Waals surface area (Å²) in [6, 6.07) is 20.0. The second-order valence-corrected chi connectivity index (χ2v) is 8.07. The lowest BCUT2D eigenvalue weighted by Gasteiger charge is -2.13. The van der Waals surface area contributed by atoms with Crippen molar-refractivity contribution in [1.29, 1.82) is 0 Å². The van der Waals surface area contributed by atoms with Gasteiger partial charge >= 0.3 is 6.01 Å². The minimum Gasteiger partial charge on any atom is -0.490 e. The van der Waals surface area contributed by atoms with Crippen LogP contribution < -0.4 is 15.0 Å². The lowest BCUT2D eigenvalue weighted by molar-refractivity contribution is 0.00873. The van der Waals surface area contributed by atoms with Gasteiger partial charge in [-0.15, -0.1) is 0 Å². The monoisotopic (exact) mass is 434 g/mol. The molecular formula is C25H26N2O5. The van der Waals surface area contributed by atoms with Crippen molar-refractivity contribution in [2.24, 2.45) is 0 Å². The zero-order valence-corrected chi connectivity index (χ0v) is 17.8. The van der Waals surface area contributed by atoms with Gasteiger partial charge in [-0.25, -0.2) is 0 Å². The summed E-state index contributed by atoms with van der Waals surface area (Å²) in [5, 5.41) is 0. The van der Waals surface area contributed by atoms with Crippen molar-refractivity contribution in [2.45, 2.75) is 38.2 Å². The quantitative estimate of drug-likeness (QED) is 0.541. The van der Waals surface area contributed by atoms with Gasteiger partial charge in [0.1, 0.15) is 12.4 Å². The molecule has 7 nitrogen and oxygen atoms in total. The van der Waals surface area contributed by atoms with Gasteiger partial charge in [-0.3, -0.25) is 9.36 Å². The largest absolute Gasteiger partial charge is 0.490 e. The molecule has 0 aliphatic carbocycles. The summed E-state index contributed by atoms with van der Waals surface area (Å²) in [5.74, 6) is 0.770. The van der Waals surface area contributed by atoms with Gasteiger partial charge in [0.25, 0.3) is 5.56 Å². The third-order valence-electron chi connectivity index (χ3n) is 5.71. The fourth-order valence-electron chi connectivity index (χ4n) is 4.05. The summed E-state index contributed by atoms with van der Waals surface area (Å²) >= 11 is 0. The SMILES string of the molecule is O=c1cc(COCC2CCCO2)n2c(n1)OC(COc1ccc(-c3ccccc3)cc1)C2. The van der Waals surface area contributed by atoms with Crippen LogP contribution in [0.15, 0.2) is 65.5 Å². The number of ether oxygens (including phenoxy) is 4. The zero-order chi connectivity index (χ0) is 21.8. The number of rotatable bonds is 8. The van der Waals surface area contributed by atoms with Crippen LogP contribution in [0.4, 0.5) is 0 Å². The normalized spacial score (nSPS) is 19.5. The molecule has 0 saturated carbocycles. The minimum atomic E-state index is -0.329. The molecule has 2 atom stereocenters. The smallest absolute Gasteiger partial charge is 0.300 e. The van der Waals surface area contributed by atoms with Gasteiger partial charge < -0.3 is 18.9 Å². The summed E-state index contributed by atoms with van der Waals surface area (Å²) in [7, 11) is 0. The summed E-state index contributed by atoms with van der Waals surface area (Å²) in [5.41, 5.74) is 2.73. The van der Waals surface area contributed by atoms with Crippen LogP contribution in [-0.2, 0) is 22.6 Å². The van der Waals surface area contributed by atoms with Gasteiger partial charge in [-0.05, 0) is 36.1 Å². The second-order valence-electron chi connectivity index (χ2n) is 8.07. The molecule has 2 aliphatic rings. The van der Waals surface area contributed by atoms with Gasteiger partial charge in [0.2, 0.25) is 0 Å². The number of hydrogen-bond donors (Lipinski definition) is 0. The fraction of sp³-hybridized carbons (Fsp3) is 0.360. The first-order valence-corrected chi connectivity index (χ1v) is 11.0. The maximum atomic E-state index is 12.0. The summed E-state index contributed by atoms with van der Waals surface area (Å²) in [6.07, 6.45) is 2.01. The summed E-state index contributed by atoms with van der Waals surface area (Å²) < 4.78 is 25.1. The van der Waals surface area contributed by atoms with Crippen molar-refractivity contribution in [2.75, 3.05) is 19.8 Å². The van der Waals surface area contributed by atoms with Crippen molar-refractivity contribution >= 4 is 0 Å². The van der Waals surface area contributed by atoms with E-state index in [2.05, 4.69) is 17.1 Å². The van der Waals surface area contributed by atoms with E-state index in [-0.39, 0.29) is 17.8 Å². The van der Waals surface area contributed by atoms with E-state index < -0.39 is 0 Å². The van der Waals surface area contributed by atoms with E-state index in [0.717, 1.165) is 36.5 Å².